The van der Waals surface area contributed by atoms with E-state index in [0.717, 1.165) is 38.4 Å². The molecule has 0 bridgehead atoms. The second-order valence-electron chi connectivity index (χ2n) is 8.86. The third-order valence-electron chi connectivity index (χ3n) is 6.38. The van der Waals surface area contributed by atoms with E-state index in [-0.39, 0.29) is 0 Å². The Morgan fingerprint density at radius 1 is 0.351 bits per heavy atom. The molecular formula is C34H23BrN2. The maximum absolute atomic E-state index is 4.96. The molecule has 1 aromatic heterocycles. The van der Waals surface area contributed by atoms with E-state index in [9.17, 15) is 0 Å². The number of nitrogens with zero attached hydrogens (tertiary/aromatic N) is 2. The van der Waals surface area contributed by atoms with Gasteiger partial charge in [-0.25, -0.2) is 9.97 Å². The minimum Gasteiger partial charge on any atom is -0.228 e. The molecule has 3 heteroatoms. The Labute approximate surface area is 225 Å². The normalized spacial score (nSPS) is 10.8. The van der Waals surface area contributed by atoms with Crippen LogP contribution in [-0.2, 0) is 0 Å². The van der Waals surface area contributed by atoms with Gasteiger partial charge in [0.2, 0.25) is 0 Å². The highest BCUT2D eigenvalue weighted by molar-refractivity contribution is 9.10. The highest BCUT2D eigenvalue weighted by Crippen LogP contribution is 2.31. The zero-order valence-electron chi connectivity index (χ0n) is 20.1. The molecule has 0 aliphatic heterocycles. The summed E-state index contributed by atoms with van der Waals surface area (Å²) in [6.07, 6.45) is 0. The Morgan fingerprint density at radius 2 is 0.784 bits per heavy atom. The number of halogens is 1. The number of aromatic nitrogens is 2. The molecule has 0 amide bonds. The number of hydrogen-bond donors (Lipinski definition) is 0. The Bertz CT molecular complexity index is 1640. The van der Waals surface area contributed by atoms with Crippen LogP contribution in [0.3, 0.4) is 0 Å². The standard InChI is InChI=1S/C34H23BrN2/c35-31-13-7-12-30(22-31)26-16-20-28(21-17-26)33-23-32(36-34(37-33)29-10-5-2-6-11-29)27-18-14-25(15-19-27)24-8-3-1-4-9-24/h1-23H. The first kappa shape index (κ1) is 23.1. The Balaban J connectivity index is 1.41. The second-order valence-corrected chi connectivity index (χ2v) is 9.77. The lowest BCUT2D eigenvalue weighted by molar-refractivity contribution is 1.18. The van der Waals surface area contributed by atoms with Gasteiger partial charge in [0.25, 0.3) is 0 Å². The highest BCUT2D eigenvalue weighted by Gasteiger charge is 2.11. The van der Waals surface area contributed by atoms with E-state index in [2.05, 4.69) is 125 Å². The molecule has 0 saturated heterocycles. The molecule has 6 rings (SSSR count). The van der Waals surface area contributed by atoms with Gasteiger partial charge in [0.15, 0.2) is 5.82 Å². The molecule has 0 N–H and O–H groups in total. The van der Waals surface area contributed by atoms with E-state index in [1.807, 2.05) is 30.3 Å². The zero-order chi connectivity index (χ0) is 25.0. The van der Waals surface area contributed by atoms with E-state index < -0.39 is 0 Å². The quantitative estimate of drug-likeness (QED) is 0.218. The van der Waals surface area contributed by atoms with Crippen LogP contribution in [0.4, 0.5) is 0 Å². The lowest BCUT2D eigenvalue weighted by atomic mass is 10.0. The lowest BCUT2D eigenvalue weighted by Gasteiger charge is -2.11. The molecule has 0 saturated carbocycles. The van der Waals surface area contributed by atoms with E-state index in [1.165, 1.54) is 22.3 Å². The highest BCUT2D eigenvalue weighted by atomic mass is 79.9. The fourth-order valence-corrected chi connectivity index (χ4v) is 4.82. The van der Waals surface area contributed by atoms with Crippen LogP contribution in [-0.4, -0.2) is 9.97 Å². The predicted octanol–water partition coefficient (Wildman–Crippen LogP) is 9.57. The van der Waals surface area contributed by atoms with Crippen LogP contribution in [0.25, 0.3) is 56.2 Å². The van der Waals surface area contributed by atoms with Gasteiger partial charge in [-0.1, -0.05) is 137 Å². The minimum absolute atomic E-state index is 0.719. The summed E-state index contributed by atoms with van der Waals surface area (Å²) in [5.74, 6) is 0.719. The Morgan fingerprint density at radius 3 is 1.32 bits per heavy atom. The molecule has 0 aliphatic carbocycles. The summed E-state index contributed by atoms with van der Waals surface area (Å²) >= 11 is 3.57. The summed E-state index contributed by atoms with van der Waals surface area (Å²) < 4.78 is 1.07. The third kappa shape index (κ3) is 5.13. The van der Waals surface area contributed by atoms with Crippen molar-refractivity contribution >= 4 is 15.9 Å². The van der Waals surface area contributed by atoms with Gasteiger partial charge < -0.3 is 0 Å². The molecule has 0 atom stereocenters. The lowest BCUT2D eigenvalue weighted by Crippen LogP contribution is -1.96. The maximum Gasteiger partial charge on any atom is 0.160 e. The minimum atomic E-state index is 0.719. The molecule has 2 nitrogen and oxygen atoms in total. The van der Waals surface area contributed by atoms with Crippen LogP contribution in [0.2, 0.25) is 0 Å². The molecule has 0 spiro atoms. The molecule has 1 heterocycles. The van der Waals surface area contributed by atoms with Gasteiger partial charge in [0, 0.05) is 21.2 Å². The molecule has 37 heavy (non-hydrogen) atoms. The average molecular weight is 539 g/mol. The number of rotatable bonds is 5. The van der Waals surface area contributed by atoms with Crippen LogP contribution in [0.1, 0.15) is 0 Å². The first-order chi connectivity index (χ1) is 18.2. The van der Waals surface area contributed by atoms with Gasteiger partial charge in [-0.05, 0) is 40.5 Å². The van der Waals surface area contributed by atoms with Crippen molar-refractivity contribution in [2.45, 2.75) is 0 Å². The molecule has 0 unspecified atom stereocenters. The zero-order valence-corrected chi connectivity index (χ0v) is 21.6. The predicted molar refractivity (Wildman–Crippen MR) is 157 cm³/mol. The molecule has 0 aliphatic rings. The molecule has 6 aromatic rings. The largest absolute Gasteiger partial charge is 0.228 e. The number of hydrogen-bond acceptors (Lipinski definition) is 2. The fraction of sp³-hybridized carbons (Fsp3) is 0. The number of benzene rings is 5. The Kier molecular flexibility index (Phi) is 6.45. The molecule has 0 fully saturated rings. The van der Waals surface area contributed by atoms with Crippen LogP contribution < -0.4 is 0 Å². The van der Waals surface area contributed by atoms with Gasteiger partial charge in [-0.15, -0.1) is 0 Å². The summed E-state index contributed by atoms with van der Waals surface area (Å²) in [6.45, 7) is 0. The van der Waals surface area contributed by atoms with E-state index >= 15 is 0 Å². The smallest absolute Gasteiger partial charge is 0.160 e. The van der Waals surface area contributed by atoms with E-state index in [0.29, 0.717) is 0 Å². The SMILES string of the molecule is Brc1cccc(-c2ccc(-c3cc(-c4ccc(-c5ccccc5)cc4)nc(-c4ccccc4)n3)cc2)c1. The van der Waals surface area contributed by atoms with Crippen molar-refractivity contribution in [2.24, 2.45) is 0 Å². The van der Waals surface area contributed by atoms with Crippen molar-refractivity contribution in [1.29, 1.82) is 0 Å². The molecule has 5 aromatic carbocycles. The van der Waals surface area contributed by atoms with Crippen LogP contribution in [0.15, 0.2) is 144 Å². The summed E-state index contributed by atoms with van der Waals surface area (Å²) in [5, 5.41) is 0. The monoisotopic (exact) mass is 538 g/mol. The summed E-state index contributed by atoms with van der Waals surface area (Å²) in [7, 11) is 0. The van der Waals surface area contributed by atoms with Crippen LogP contribution in [0, 0.1) is 0 Å². The van der Waals surface area contributed by atoms with Crippen LogP contribution >= 0.6 is 15.9 Å². The van der Waals surface area contributed by atoms with E-state index in [4.69, 9.17) is 9.97 Å². The molecule has 0 radical (unpaired) electrons. The first-order valence-corrected chi connectivity index (χ1v) is 13.0. The summed E-state index contributed by atoms with van der Waals surface area (Å²) in [4.78, 5) is 9.92. The van der Waals surface area contributed by atoms with Crippen molar-refractivity contribution in [3.8, 4) is 56.2 Å². The topological polar surface area (TPSA) is 25.8 Å². The van der Waals surface area contributed by atoms with Gasteiger partial charge in [-0.3, -0.25) is 0 Å². The van der Waals surface area contributed by atoms with Gasteiger partial charge in [-0.2, -0.15) is 0 Å². The summed E-state index contributed by atoms with van der Waals surface area (Å²) in [5.41, 5.74) is 9.64. The fourth-order valence-electron chi connectivity index (χ4n) is 4.42. The first-order valence-electron chi connectivity index (χ1n) is 12.2. The van der Waals surface area contributed by atoms with Crippen molar-refractivity contribution < 1.29 is 0 Å². The van der Waals surface area contributed by atoms with Crippen molar-refractivity contribution in [3.63, 3.8) is 0 Å². The van der Waals surface area contributed by atoms with Crippen molar-refractivity contribution in [1.82, 2.24) is 9.97 Å². The van der Waals surface area contributed by atoms with Gasteiger partial charge >= 0.3 is 0 Å². The summed E-state index contributed by atoms with van der Waals surface area (Å²) in [6, 6.07) is 48.2. The van der Waals surface area contributed by atoms with E-state index in [1.54, 1.807) is 0 Å². The second kappa shape index (κ2) is 10.3. The Hall–Kier alpha value is -4.34. The molecule has 176 valence electrons. The van der Waals surface area contributed by atoms with Crippen molar-refractivity contribution in [3.05, 3.63) is 144 Å². The molecular weight excluding hydrogens is 516 g/mol. The van der Waals surface area contributed by atoms with Crippen molar-refractivity contribution in [2.75, 3.05) is 0 Å². The average Bonchev–Trinajstić information content (AvgIpc) is 2.98. The van der Waals surface area contributed by atoms with Gasteiger partial charge in [0.1, 0.15) is 0 Å². The van der Waals surface area contributed by atoms with Gasteiger partial charge in [0.05, 0.1) is 11.4 Å². The maximum atomic E-state index is 4.96. The van der Waals surface area contributed by atoms with Crippen LogP contribution in [0.5, 0.6) is 0 Å². The third-order valence-corrected chi connectivity index (χ3v) is 6.88.